The number of pyridine rings is 1. The summed E-state index contributed by atoms with van der Waals surface area (Å²) in [4.78, 5) is 28.8. The minimum Gasteiger partial charge on any atom is -0.345 e. The molecule has 1 heterocycles. The first kappa shape index (κ1) is 16.5. The van der Waals surface area contributed by atoms with Gasteiger partial charge in [0.05, 0.1) is 0 Å². The number of halogens is 2. The van der Waals surface area contributed by atoms with Gasteiger partial charge >= 0.3 is 11.8 Å². The molecule has 5 nitrogen and oxygen atoms in total. The molecule has 23 heavy (non-hydrogen) atoms. The lowest BCUT2D eigenvalue weighted by molar-refractivity contribution is -0.140. The molecule has 2 aromatic rings. The molecule has 0 aliphatic heterocycles. The highest BCUT2D eigenvalue weighted by Gasteiger charge is 2.40. The maximum atomic E-state index is 14.1. The molecule has 0 bridgehead atoms. The van der Waals surface area contributed by atoms with Crippen LogP contribution in [0, 0.1) is 0 Å². The summed E-state index contributed by atoms with van der Waals surface area (Å²) >= 11 is 0. The number of alkyl halides is 2. The summed E-state index contributed by atoms with van der Waals surface area (Å²) in [5.74, 6) is -5.65. The highest BCUT2D eigenvalue weighted by molar-refractivity contribution is 5.98. The van der Waals surface area contributed by atoms with Gasteiger partial charge in [-0.05, 0) is 12.1 Å². The van der Waals surface area contributed by atoms with Crippen LogP contribution in [0.25, 0.3) is 0 Å². The molecule has 0 saturated heterocycles. The van der Waals surface area contributed by atoms with Gasteiger partial charge in [-0.2, -0.15) is 8.78 Å². The lowest BCUT2D eigenvalue weighted by Crippen LogP contribution is -2.32. The largest absolute Gasteiger partial charge is 0.350 e. The normalized spacial score (nSPS) is 11.0. The number of hydrogen-bond donors (Lipinski definition) is 1. The van der Waals surface area contributed by atoms with Crippen LogP contribution in [0.1, 0.15) is 15.9 Å². The number of carbonyl (C=O) groups excluding carboxylic acids is 2. The smallest absolute Gasteiger partial charge is 0.345 e. The van der Waals surface area contributed by atoms with Gasteiger partial charge in [0.2, 0.25) is 0 Å². The van der Waals surface area contributed by atoms with Crippen LogP contribution in [0.15, 0.2) is 48.7 Å². The second-order valence-electron chi connectivity index (χ2n) is 5.02. The Morgan fingerprint density at radius 2 is 1.78 bits per heavy atom. The van der Waals surface area contributed by atoms with Gasteiger partial charge in [0, 0.05) is 31.4 Å². The van der Waals surface area contributed by atoms with E-state index in [-0.39, 0.29) is 17.3 Å². The van der Waals surface area contributed by atoms with E-state index in [0.29, 0.717) is 0 Å². The molecular weight excluding hydrogens is 304 g/mol. The van der Waals surface area contributed by atoms with Crippen LogP contribution < -0.4 is 5.32 Å². The monoisotopic (exact) mass is 319 g/mol. The second kappa shape index (κ2) is 6.51. The van der Waals surface area contributed by atoms with Crippen molar-refractivity contribution in [2.75, 3.05) is 19.4 Å². The fourth-order valence-electron chi connectivity index (χ4n) is 1.86. The molecular formula is C16H15F2N3O2. The highest BCUT2D eigenvalue weighted by atomic mass is 19.3. The predicted molar refractivity (Wildman–Crippen MR) is 81.2 cm³/mol. The lowest BCUT2D eigenvalue weighted by atomic mass is 10.1. The third-order valence-electron chi connectivity index (χ3n) is 3.08. The van der Waals surface area contributed by atoms with E-state index in [0.717, 1.165) is 0 Å². The number of amides is 2. The summed E-state index contributed by atoms with van der Waals surface area (Å²) < 4.78 is 28.2. The molecule has 0 saturated carbocycles. The van der Waals surface area contributed by atoms with Gasteiger partial charge < -0.3 is 10.2 Å². The van der Waals surface area contributed by atoms with Gasteiger partial charge in [0.1, 0.15) is 5.82 Å². The van der Waals surface area contributed by atoms with Crippen molar-refractivity contribution in [3.8, 4) is 0 Å². The molecule has 2 amide bonds. The Morgan fingerprint density at radius 1 is 1.13 bits per heavy atom. The van der Waals surface area contributed by atoms with E-state index in [1.54, 1.807) is 20.2 Å². The Morgan fingerprint density at radius 3 is 2.39 bits per heavy atom. The number of benzene rings is 1. The number of carbonyl (C=O) groups is 2. The van der Waals surface area contributed by atoms with E-state index in [2.05, 4.69) is 4.98 Å². The lowest BCUT2D eigenvalue weighted by Gasteiger charge is -2.16. The van der Waals surface area contributed by atoms with Crippen LogP contribution in [0.5, 0.6) is 0 Å². The zero-order valence-corrected chi connectivity index (χ0v) is 12.6. The number of nitrogens with one attached hydrogen (secondary N) is 1. The van der Waals surface area contributed by atoms with E-state index in [4.69, 9.17) is 0 Å². The Hall–Kier alpha value is -2.83. The minimum atomic E-state index is -3.70. The molecule has 0 spiro atoms. The summed E-state index contributed by atoms with van der Waals surface area (Å²) in [5, 5.41) is 2.04. The van der Waals surface area contributed by atoms with Crippen LogP contribution in [0.3, 0.4) is 0 Å². The molecule has 0 radical (unpaired) electrons. The van der Waals surface area contributed by atoms with Crippen molar-refractivity contribution in [2.45, 2.75) is 5.92 Å². The molecule has 1 N–H and O–H groups in total. The van der Waals surface area contributed by atoms with Gasteiger partial charge in [-0.15, -0.1) is 0 Å². The zero-order chi connectivity index (χ0) is 17.0. The first-order valence-corrected chi connectivity index (χ1v) is 6.75. The molecule has 2 rings (SSSR count). The van der Waals surface area contributed by atoms with Crippen LogP contribution in [-0.4, -0.2) is 35.8 Å². The summed E-state index contributed by atoms with van der Waals surface area (Å²) in [7, 11) is 3.12. The summed E-state index contributed by atoms with van der Waals surface area (Å²) in [5.41, 5.74) is -0.179. The zero-order valence-electron chi connectivity index (χ0n) is 12.6. The van der Waals surface area contributed by atoms with Crippen LogP contribution in [0.2, 0.25) is 0 Å². The third kappa shape index (κ3) is 3.68. The van der Waals surface area contributed by atoms with E-state index in [1.165, 1.54) is 47.5 Å². The van der Waals surface area contributed by atoms with Crippen molar-refractivity contribution in [1.29, 1.82) is 0 Å². The van der Waals surface area contributed by atoms with Crippen LogP contribution in [-0.2, 0) is 10.7 Å². The molecule has 0 fully saturated rings. The quantitative estimate of drug-likeness (QED) is 0.942. The Kier molecular flexibility index (Phi) is 4.68. The van der Waals surface area contributed by atoms with Crippen molar-refractivity contribution in [3.05, 3.63) is 59.8 Å². The number of rotatable bonds is 4. The van der Waals surface area contributed by atoms with Crippen LogP contribution in [0.4, 0.5) is 14.6 Å². The van der Waals surface area contributed by atoms with Crippen molar-refractivity contribution >= 4 is 17.6 Å². The topological polar surface area (TPSA) is 62.3 Å². The maximum absolute atomic E-state index is 14.1. The number of hydrogen-bond acceptors (Lipinski definition) is 3. The summed E-state index contributed by atoms with van der Waals surface area (Å²) in [6.45, 7) is 0. The number of aromatic nitrogens is 1. The van der Waals surface area contributed by atoms with Gasteiger partial charge in [-0.1, -0.05) is 30.3 Å². The molecule has 0 aliphatic carbocycles. The van der Waals surface area contributed by atoms with E-state index >= 15 is 0 Å². The molecule has 1 aromatic heterocycles. The molecule has 7 heteroatoms. The molecule has 120 valence electrons. The van der Waals surface area contributed by atoms with E-state index in [1.807, 2.05) is 5.32 Å². The minimum absolute atomic E-state index is 0.113. The van der Waals surface area contributed by atoms with Crippen molar-refractivity contribution in [3.63, 3.8) is 0 Å². The Labute approximate surface area is 131 Å². The van der Waals surface area contributed by atoms with Crippen molar-refractivity contribution < 1.29 is 18.4 Å². The molecule has 0 atom stereocenters. The second-order valence-corrected chi connectivity index (χ2v) is 5.02. The summed E-state index contributed by atoms with van der Waals surface area (Å²) in [6, 6.07) is 9.44. The first-order valence-electron chi connectivity index (χ1n) is 6.75. The fourth-order valence-corrected chi connectivity index (χ4v) is 1.86. The number of nitrogens with zero attached hydrogens (tertiary/aromatic N) is 2. The fraction of sp³-hybridized carbons (Fsp3) is 0.188. The summed E-state index contributed by atoms with van der Waals surface area (Å²) in [6.07, 6.45) is 1.27. The van der Waals surface area contributed by atoms with Gasteiger partial charge in [0.25, 0.3) is 5.91 Å². The van der Waals surface area contributed by atoms with Gasteiger partial charge in [-0.3, -0.25) is 9.59 Å². The van der Waals surface area contributed by atoms with E-state index in [9.17, 15) is 18.4 Å². The molecule has 1 aromatic carbocycles. The Balaban J connectivity index is 2.21. The molecule has 0 aliphatic rings. The first-order chi connectivity index (χ1) is 10.8. The predicted octanol–water partition coefficient (Wildman–Crippen LogP) is 2.51. The number of anilines is 1. The average molecular weight is 319 g/mol. The average Bonchev–Trinajstić information content (AvgIpc) is 2.55. The maximum Gasteiger partial charge on any atom is 0.350 e. The van der Waals surface area contributed by atoms with Gasteiger partial charge in [0.15, 0.2) is 0 Å². The molecule has 0 unspecified atom stereocenters. The highest BCUT2D eigenvalue weighted by Crippen LogP contribution is 2.29. The SMILES string of the molecule is CN(C)C(=O)c1ccnc(NC(=O)C(F)(F)c2ccccc2)c1. The third-order valence-corrected chi connectivity index (χ3v) is 3.08. The Bertz CT molecular complexity index is 718. The standard InChI is InChI=1S/C16H15F2N3O2/c1-21(2)14(22)11-8-9-19-13(10-11)20-15(23)16(17,18)12-6-4-3-5-7-12/h3-10H,1-2H3,(H,19,20,23). The van der Waals surface area contributed by atoms with Crippen molar-refractivity contribution in [1.82, 2.24) is 9.88 Å². The van der Waals surface area contributed by atoms with Crippen molar-refractivity contribution in [2.24, 2.45) is 0 Å². The van der Waals surface area contributed by atoms with E-state index < -0.39 is 17.4 Å². The van der Waals surface area contributed by atoms with Crippen LogP contribution >= 0.6 is 0 Å². The van der Waals surface area contributed by atoms with Gasteiger partial charge in [-0.25, -0.2) is 4.98 Å².